The molecule has 0 aromatic heterocycles. The summed E-state index contributed by atoms with van der Waals surface area (Å²) in [6.45, 7) is 2.99. The third-order valence-corrected chi connectivity index (χ3v) is 3.02. The molecule has 0 spiro atoms. The van der Waals surface area contributed by atoms with Gasteiger partial charge in [0.05, 0.1) is 5.75 Å². The third kappa shape index (κ3) is 4.43. The van der Waals surface area contributed by atoms with Crippen LogP contribution in [-0.4, -0.2) is 33.0 Å². The molecule has 1 N–H and O–H groups in total. The first-order chi connectivity index (χ1) is 5.97. The van der Waals surface area contributed by atoms with Gasteiger partial charge in [-0.1, -0.05) is 11.6 Å². The zero-order chi connectivity index (χ0) is 9.90. The topological polar surface area (TPSA) is 46.2 Å². The van der Waals surface area contributed by atoms with Gasteiger partial charge in [-0.25, -0.2) is 8.42 Å². The highest BCUT2D eigenvalue weighted by atomic mass is 32.2. The summed E-state index contributed by atoms with van der Waals surface area (Å²) in [4.78, 5) is 0. The van der Waals surface area contributed by atoms with Crippen LogP contribution < -0.4 is 5.32 Å². The minimum absolute atomic E-state index is 0.179. The van der Waals surface area contributed by atoms with Gasteiger partial charge >= 0.3 is 0 Å². The molecule has 1 unspecified atom stereocenters. The second-order valence-corrected chi connectivity index (χ2v) is 5.96. The van der Waals surface area contributed by atoms with Crippen molar-refractivity contribution in [3.05, 3.63) is 11.6 Å². The normalized spacial score (nSPS) is 27.8. The van der Waals surface area contributed by atoms with E-state index in [9.17, 15) is 8.42 Å². The van der Waals surface area contributed by atoms with Crippen LogP contribution >= 0.6 is 0 Å². The Labute approximate surface area is 80.1 Å². The smallest absolute Gasteiger partial charge is 0.151 e. The summed E-state index contributed by atoms with van der Waals surface area (Å²) >= 11 is 0. The van der Waals surface area contributed by atoms with Gasteiger partial charge in [0.15, 0.2) is 9.84 Å². The highest BCUT2D eigenvalue weighted by Gasteiger charge is 2.11. The summed E-state index contributed by atoms with van der Waals surface area (Å²) in [5.74, 6) is 0.179. The van der Waals surface area contributed by atoms with Crippen LogP contribution in [0.4, 0.5) is 0 Å². The molecule has 1 saturated heterocycles. The van der Waals surface area contributed by atoms with Crippen LogP contribution in [0.5, 0.6) is 0 Å². The average Bonchev–Trinajstić information content (AvgIpc) is 2.02. The number of sulfone groups is 1. The van der Waals surface area contributed by atoms with E-state index < -0.39 is 9.84 Å². The summed E-state index contributed by atoms with van der Waals surface area (Å²) in [6.07, 6.45) is 5.25. The highest BCUT2D eigenvalue weighted by molar-refractivity contribution is 7.90. The number of hydrogen-bond donors (Lipinski definition) is 1. The minimum Gasteiger partial charge on any atom is -0.311 e. The molecule has 0 radical (unpaired) electrons. The molecule has 1 atom stereocenters. The summed E-state index contributed by atoms with van der Waals surface area (Å²) < 4.78 is 21.7. The van der Waals surface area contributed by atoms with Crippen molar-refractivity contribution < 1.29 is 8.42 Å². The van der Waals surface area contributed by atoms with E-state index in [1.165, 1.54) is 11.8 Å². The molecule has 4 heteroatoms. The number of hydrogen-bond acceptors (Lipinski definition) is 3. The monoisotopic (exact) mass is 203 g/mol. The van der Waals surface area contributed by atoms with Gasteiger partial charge in [0.2, 0.25) is 0 Å². The molecule has 0 saturated carbocycles. The van der Waals surface area contributed by atoms with Gasteiger partial charge < -0.3 is 5.32 Å². The second-order valence-electron chi connectivity index (χ2n) is 3.78. The van der Waals surface area contributed by atoms with Crippen LogP contribution in [0.2, 0.25) is 0 Å². The van der Waals surface area contributed by atoms with Crippen LogP contribution in [0, 0.1) is 0 Å². The standard InChI is InChI=1S/C9H17NO2S/c1-8-3-4-9(7-10-8)5-6-13(2,11)12/h5,8,10H,3-4,6-7H2,1-2H3/b9-5-. The number of piperidine rings is 1. The Bertz CT molecular complexity index is 283. The molecular weight excluding hydrogens is 186 g/mol. The van der Waals surface area contributed by atoms with Gasteiger partial charge in [-0.05, 0) is 19.8 Å². The molecule has 0 aromatic carbocycles. The lowest BCUT2D eigenvalue weighted by Crippen LogP contribution is -2.32. The fraction of sp³-hybridized carbons (Fsp3) is 0.778. The minimum atomic E-state index is -2.84. The van der Waals surface area contributed by atoms with Gasteiger partial charge in [0.1, 0.15) is 0 Å². The van der Waals surface area contributed by atoms with Crippen LogP contribution in [-0.2, 0) is 9.84 Å². The van der Waals surface area contributed by atoms with Crippen LogP contribution in [0.1, 0.15) is 19.8 Å². The lowest BCUT2D eigenvalue weighted by Gasteiger charge is -2.22. The van der Waals surface area contributed by atoms with Crippen LogP contribution in [0.25, 0.3) is 0 Å². The van der Waals surface area contributed by atoms with E-state index in [0.29, 0.717) is 6.04 Å². The van der Waals surface area contributed by atoms with Crippen LogP contribution in [0.3, 0.4) is 0 Å². The molecule has 1 rings (SSSR count). The van der Waals surface area contributed by atoms with Crippen molar-refractivity contribution in [1.29, 1.82) is 0 Å². The SMILES string of the molecule is CC1CC/C(=C/CS(C)(=O)=O)CN1. The molecule has 1 aliphatic heterocycles. The molecule has 1 heterocycles. The maximum absolute atomic E-state index is 10.9. The summed E-state index contributed by atoms with van der Waals surface area (Å²) in [7, 11) is -2.84. The van der Waals surface area contributed by atoms with Crippen molar-refractivity contribution in [2.75, 3.05) is 18.6 Å². The highest BCUT2D eigenvalue weighted by Crippen LogP contribution is 2.12. The van der Waals surface area contributed by atoms with Crippen molar-refractivity contribution in [3.63, 3.8) is 0 Å². The number of nitrogens with one attached hydrogen (secondary N) is 1. The Hall–Kier alpha value is -0.350. The fourth-order valence-electron chi connectivity index (χ4n) is 1.34. The summed E-state index contributed by atoms with van der Waals surface area (Å²) in [5.41, 5.74) is 1.23. The van der Waals surface area contributed by atoms with Crippen molar-refractivity contribution in [3.8, 4) is 0 Å². The van der Waals surface area contributed by atoms with E-state index >= 15 is 0 Å². The predicted octanol–water partition coefficient (Wildman–Crippen LogP) is 0.729. The van der Waals surface area contributed by atoms with Crippen molar-refractivity contribution in [1.82, 2.24) is 5.32 Å². The first-order valence-corrected chi connectivity index (χ1v) is 6.62. The molecule has 1 aliphatic rings. The fourth-order valence-corrected chi connectivity index (χ4v) is 1.88. The molecular formula is C9H17NO2S. The Kier molecular flexibility index (Phi) is 3.50. The molecule has 76 valence electrons. The van der Waals surface area contributed by atoms with Crippen molar-refractivity contribution >= 4 is 9.84 Å². The molecule has 0 amide bonds. The quantitative estimate of drug-likeness (QED) is 0.673. The van der Waals surface area contributed by atoms with E-state index in [-0.39, 0.29) is 5.75 Å². The average molecular weight is 203 g/mol. The van der Waals surface area contributed by atoms with Crippen molar-refractivity contribution in [2.24, 2.45) is 0 Å². The van der Waals surface area contributed by atoms with Gasteiger partial charge in [0.25, 0.3) is 0 Å². The Morgan fingerprint density at radius 1 is 1.62 bits per heavy atom. The first kappa shape index (κ1) is 10.7. The van der Waals surface area contributed by atoms with E-state index in [2.05, 4.69) is 12.2 Å². The molecule has 3 nitrogen and oxygen atoms in total. The lowest BCUT2D eigenvalue weighted by atomic mass is 10.0. The summed E-state index contributed by atoms with van der Waals surface area (Å²) in [5, 5.41) is 3.31. The molecule has 0 bridgehead atoms. The van der Waals surface area contributed by atoms with E-state index in [0.717, 1.165) is 19.4 Å². The van der Waals surface area contributed by atoms with E-state index in [4.69, 9.17) is 0 Å². The molecule has 1 fully saturated rings. The molecule has 0 aromatic rings. The summed E-state index contributed by atoms with van der Waals surface area (Å²) in [6, 6.07) is 0.565. The third-order valence-electron chi connectivity index (χ3n) is 2.25. The lowest BCUT2D eigenvalue weighted by molar-refractivity contribution is 0.486. The maximum Gasteiger partial charge on any atom is 0.151 e. The Morgan fingerprint density at radius 2 is 2.31 bits per heavy atom. The Morgan fingerprint density at radius 3 is 2.77 bits per heavy atom. The largest absolute Gasteiger partial charge is 0.311 e. The van der Waals surface area contributed by atoms with Gasteiger partial charge in [-0.2, -0.15) is 0 Å². The van der Waals surface area contributed by atoms with Gasteiger partial charge in [-0.15, -0.1) is 0 Å². The number of rotatable bonds is 2. The maximum atomic E-state index is 10.9. The molecule has 0 aliphatic carbocycles. The van der Waals surface area contributed by atoms with E-state index in [1.807, 2.05) is 6.08 Å². The molecule has 13 heavy (non-hydrogen) atoms. The van der Waals surface area contributed by atoms with Gasteiger partial charge in [-0.3, -0.25) is 0 Å². The van der Waals surface area contributed by atoms with Crippen molar-refractivity contribution in [2.45, 2.75) is 25.8 Å². The predicted molar refractivity (Wildman–Crippen MR) is 54.5 cm³/mol. The zero-order valence-corrected chi connectivity index (χ0v) is 9.02. The van der Waals surface area contributed by atoms with Gasteiger partial charge in [0, 0.05) is 18.8 Å². The Balaban J connectivity index is 2.45. The first-order valence-electron chi connectivity index (χ1n) is 4.56. The van der Waals surface area contributed by atoms with E-state index in [1.54, 1.807) is 0 Å². The second kappa shape index (κ2) is 4.24. The van der Waals surface area contributed by atoms with Crippen LogP contribution in [0.15, 0.2) is 11.6 Å². The zero-order valence-electron chi connectivity index (χ0n) is 8.21.